The number of aromatic nitrogens is 2. The summed E-state index contributed by atoms with van der Waals surface area (Å²) in [6.45, 7) is 18.9. The number of benzene rings is 3. The SMILES string of the molecule is CC(C)(C)NC(=O)[C@@H]1CN(Cc2cccnc2)CCN1C[C@@H](O)C[C@H](Cc1ccccc1)C(=O)N[C@H]1c2ccccc2C[C@H]1O.CCN(CC)CCCC(C)Nc1ccnc2cc(Cl)ccc12. The van der Waals surface area contributed by atoms with Crippen molar-refractivity contribution >= 4 is 40.0 Å². The minimum Gasteiger partial charge on any atom is -0.392 e. The van der Waals surface area contributed by atoms with E-state index in [1.165, 1.54) is 13.0 Å². The number of fused-ring (bicyclic) bond motifs is 2. The topological polar surface area (TPSA) is 146 Å². The third-order valence-corrected chi connectivity index (χ3v) is 13.1. The van der Waals surface area contributed by atoms with E-state index in [9.17, 15) is 19.8 Å². The number of β-amino-alcohol motifs (C(OH)–C–C–N with tert-alkyl or cyclic N) is 1. The van der Waals surface area contributed by atoms with Crippen molar-refractivity contribution in [2.45, 2.75) is 116 Å². The summed E-state index contributed by atoms with van der Waals surface area (Å²) in [4.78, 5) is 42.7. The number of piperazine rings is 1. The summed E-state index contributed by atoms with van der Waals surface area (Å²) < 4.78 is 0. The van der Waals surface area contributed by atoms with Crippen LogP contribution in [0, 0.1) is 5.92 Å². The number of aliphatic hydroxyl groups is 2. The molecule has 2 aliphatic rings. The lowest BCUT2D eigenvalue weighted by Crippen LogP contribution is -2.61. The van der Waals surface area contributed by atoms with Crippen LogP contribution in [0.3, 0.4) is 0 Å². The smallest absolute Gasteiger partial charge is 0.239 e. The minimum atomic E-state index is -0.833. The lowest BCUT2D eigenvalue weighted by atomic mass is 9.91. The van der Waals surface area contributed by atoms with Crippen molar-refractivity contribution in [3.8, 4) is 0 Å². The molecule has 2 amide bonds. The second-order valence-corrected chi connectivity index (χ2v) is 19.8. The molecule has 5 N–H and O–H groups in total. The number of carbonyl (C=O) groups is 2. The van der Waals surface area contributed by atoms with E-state index in [4.69, 9.17) is 11.6 Å². The standard InChI is InChI=1S/C36H47N5O4.C18H26ClN3/c1-36(2,3)39-35(45)31-24-40(22-26-12-9-15-37-21-26)16-17-41(31)23-29(42)19-28(18-25-10-5-4-6-11-25)34(44)38-33-30-14-8-7-13-27(30)20-32(33)43;1-4-22(5-2)12-6-7-14(3)21-17-10-11-20-18-13-15(19)8-9-16(17)18/h4-15,21,28-29,31-33,42-43H,16-20,22-24H2,1-3H3,(H,38,44)(H,39,45);8-11,13-14H,4-7,12H2,1-3H3,(H,20,21)/t28-,29-,31-,32+,33-;/m0./s1. The number of halogens is 1. The summed E-state index contributed by atoms with van der Waals surface area (Å²) in [6, 6.07) is 29.0. The van der Waals surface area contributed by atoms with E-state index < -0.39 is 35.7 Å². The highest BCUT2D eigenvalue weighted by molar-refractivity contribution is 6.31. The van der Waals surface area contributed by atoms with E-state index in [0.29, 0.717) is 38.5 Å². The molecule has 0 radical (unpaired) electrons. The van der Waals surface area contributed by atoms with Gasteiger partial charge in [-0.05, 0) is 126 Å². The molecule has 5 aromatic rings. The van der Waals surface area contributed by atoms with Crippen molar-refractivity contribution in [2.24, 2.45) is 5.92 Å². The molecular formula is C54H73ClN8O4. The fourth-order valence-corrected chi connectivity index (χ4v) is 9.48. The average Bonchev–Trinajstić information content (AvgIpc) is 3.62. The molecule has 1 fully saturated rings. The van der Waals surface area contributed by atoms with Gasteiger partial charge in [0.15, 0.2) is 0 Å². The highest BCUT2D eigenvalue weighted by Gasteiger charge is 2.37. The van der Waals surface area contributed by atoms with E-state index >= 15 is 0 Å². The predicted octanol–water partition coefficient (Wildman–Crippen LogP) is 7.68. The molecular weight excluding hydrogens is 860 g/mol. The molecule has 6 atom stereocenters. The van der Waals surface area contributed by atoms with Crippen molar-refractivity contribution in [3.63, 3.8) is 0 Å². The third kappa shape index (κ3) is 15.5. The van der Waals surface area contributed by atoms with Crippen LogP contribution in [-0.2, 0) is 29.0 Å². The number of amides is 2. The molecule has 3 aromatic carbocycles. The Morgan fingerprint density at radius 2 is 1.69 bits per heavy atom. The van der Waals surface area contributed by atoms with Gasteiger partial charge in [0.2, 0.25) is 11.8 Å². The van der Waals surface area contributed by atoms with Crippen LogP contribution in [0.4, 0.5) is 5.69 Å². The van der Waals surface area contributed by atoms with Gasteiger partial charge in [0.1, 0.15) is 6.04 Å². The molecule has 67 heavy (non-hydrogen) atoms. The molecule has 3 heterocycles. The van der Waals surface area contributed by atoms with Crippen molar-refractivity contribution in [1.29, 1.82) is 0 Å². The molecule has 0 saturated carbocycles. The van der Waals surface area contributed by atoms with Crippen LogP contribution < -0.4 is 16.0 Å². The first-order valence-electron chi connectivity index (χ1n) is 24.2. The number of nitrogens with zero attached hydrogens (tertiary/aromatic N) is 5. The zero-order valence-electron chi connectivity index (χ0n) is 40.4. The normalized spacial score (nSPS) is 18.9. The summed E-state index contributed by atoms with van der Waals surface area (Å²) in [5, 5.41) is 34.0. The molecule has 12 nitrogen and oxygen atoms in total. The van der Waals surface area contributed by atoms with Gasteiger partial charge in [-0.25, -0.2) is 0 Å². The molecule has 0 bridgehead atoms. The van der Waals surface area contributed by atoms with Crippen molar-refractivity contribution in [1.82, 2.24) is 35.3 Å². The molecule has 1 unspecified atom stereocenters. The summed E-state index contributed by atoms with van der Waals surface area (Å²) in [7, 11) is 0. The fraction of sp³-hybridized carbons (Fsp3) is 0.481. The Bertz CT molecular complexity index is 2310. The van der Waals surface area contributed by atoms with Gasteiger partial charge in [0, 0.05) is 91.3 Å². The molecule has 7 rings (SSSR count). The monoisotopic (exact) mass is 933 g/mol. The number of rotatable bonds is 19. The first-order chi connectivity index (χ1) is 32.2. The highest BCUT2D eigenvalue weighted by atomic mass is 35.5. The minimum absolute atomic E-state index is 0.0712. The molecule has 1 aliphatic heterocycles. The Morgan fingerprint density at radius 1 is 0.940 bits per heavy atom. The summed E-state index contributed by atoms with van der Waals surface area (Å²) in [5.41, 5.74) is 5.75. The molecule has 1 aliphatic carbocycles. The van der Waals surface area contributed by atoms with Gasteiger partial charge >= 0.3 is 0 Å². The maximum Gasteiger partial charge on any atom is 0.239 e. The Morgan fingerprint density at radius 3 is 2.42 bits per heavy atom. The molecule has 13 heteroatoms. The number of aliphatic hydroxyl groups excluding tert-OH is 2. The predicted molar refractivity (Wildman–Crippen MR) is 271 cm³/mol. The van der Waals surface area contributed by atoms with E-state index in [-0.39, 0.29) is 24.8 Å². The zero-order valence-corrected chi connectivity index (χ0v) is 41.1. The maximum atomic E-state index is 13.8. The first kappa shape index (κ1) is 51.4. The van der Waals surface area contributed by atoms with Crippen LogP contribution in [0.2, 0.25) is 5.02 Å². The molecule has 1 saturated heterocycles. The maximum absolute atomic E-state index is 13.8. The Labute approximate surface area is 403 Å². The van der Waals surface area contributed by atoms with Crippen LogP contribution in [0.25, 0.3) is 10.9 Å². The fourth-order valence-electron chi connectivity index (χ4n) is 9.31. The van der Waals surface area contributed by atoms with E-state index in [2.05, 4.69) is 61.4 Å². The van der Waals surface area contributed by atoms with E-state index in [1.807, 2.05) is 124 Å². The Hall–Kier alpha value is -4.95. The summed E-state index contributed by atoms with van der Waals surface area (Å²) >= 11 is 6.04. The number of hydrogen-bond acceptors (Lipinski definition) is 10. The van der Waals surface area contributed by atoms with Gasteiger partial charge in [-0.3, -0.25) is 29.4 Å². The van der Waals surface area contributed by atoms with Gasteiger partial charge in [-0.2, -0.15) is 0 Å². The third-order valence-electron chi connectivity index (χ3n) is 12.8. The number of nitrogens with one attached hydrogen (secondary N) is 3. The van der Waals surface area contributed by atoms with Crippen LogP contribution in [0.1, 0.15) is 89.1 Å². The average molecular weight is 934 g/mol. The van der Waals surface area contributed by atoms with Crippen LogP contribution >= 0.6 is 11.6 Å². The van der Waals surface area contributed by atoms with Crippen molar-refractivity contribution < 1.29 is 19.8 Å². The van der Waals surface area contributed by atoms with E-state index in [0.717, 1.165) is 69.9 Å². The van der Waals surface area contributed by atoms with Crippen LogP contribution in [0.5, 0.6) is 0 Å². The van der Waals surface area contributed by atoms with Gasteiger partial charge in [-0.15, -0.1) is 0 Å². The van der Waals surface area contributed by atoms with Gasteiger partial charge in [0.05, 0.1) is 23.8 Å². The molecule has 0 spiro atoms. The highest BCUT2D eigenvalue weighted by Crippen LogP contribution is 2.32. The van der Waals surface area contributed by atoms with Gasteiger partial charge in [0.25, 0.3) is 0 Å². The van der Waals surface area contributed by atoms with E-state index in [1.54, 1.807) is 6.20 Å². The van der Waals surface area contributed by atoms with Crippen molar-refractivity contribution in [2.75, 3.05) is 51.1 Å². The quantitative estimate of drug-likeness (QED) is 0.0560. The lowest BCUT2D eigenvalue weighted by Gasteiger charge is -2.42. The zero-order chi connectivity index (χ0) is 47.9. The second kappa shape index (κ2) is 24.9. The van der Waals surface area contributed by atoms with Crippen molar-refractivity contribution in [3.05, 3.63) is 137 Å². The van der Waals surface area contributed by atoms with Crippen LogP contribution in [0.15, 0.2) is 110 Å². The molecule has 2 aromatic heterocycles. The van der Waals surface area contributed by atoms with Gasteiger partial charge in [-0.1, -0.05) is 86.1 Å². The Kier molecular flexibility index (Phi) is 19.1. The first-order valence-corrected chi connectivity index (χ1v) is 24.6. The summed E-state index contributed by atoms with van der Waals surface area (Å²) in [6.07, 6.45) is 7.47. The number of pyridine rings is 2. The Balaban J connectivity index is 0.000000282. The molecule has 360 valence electrons. The van der Waals surface area contributed by atoms with Crippen LogP contribution in [-0.4, -0.2) is 122 Å². The summed E-state index contributed by atoms with van der Waals surface area (Å²) in [5.74, 6) is -0.781. The second-order valence-electron chi connectivity index (χ2n) is 19.3. The van der Waals surface area contributed by atoms with Gasteiger partial charge < -0.3 is 31.1 Å². The lowest BCUT2D eigenvalue weighted by molar-refractivity contribution is -0.132. The number of anilines is 1. The number of carbonyl (C=O) groups excluding carboxylic acids is 2. The largest absolute Gasteiger partial charge is 0.392 e. The number of hydrogen-bond donors (Lipinski definition) is 5.